The molecular formula is C11H19N3OS. The molecule has 1 aromatic heterocycles. The van der Waals surface area contributed by atoms with Crippen molar-refractivity contribution >= 4 is 11.8 Å². The molecule has 1 aliphatic carbocycles. The first-order valence-corrected chi connectivity index (χ1v) is 7.01. The van der Waals surface area contributed by atoms with Crippen molar-refractivity contribution in [1.82, 2.24) is 15.5 Å². The fourth-order valence-electron chi connectivity index (χ4n) is 2.28. The number of nitrogens with one attached hydrogen (secondary N) is 1. The molecule has 1 aromatic rings. The van der Waals surface area contributed by atoms with Crippen molar-refractivity contribution in [1.29, 1.82) is 0 Å². The van der Waals surface area contributed by atoms with Gasteiger partial charge in [-0.1, -0.05) is 12.8 Å². The Morgan fingerprint density at radius 3 is 2.69 bits per heavy atom. The topological polar surface area (TPSA) is 51.0 Å². The maximum atomic E-state index is 5.32. The number of rotatable bonds is 5. The summed E-state index contributed by atoms with van der Waals surface area (Å²) in [6.07, 6.45) is 7.59. The molecule has 16 heavy (non-hydrogen) atoms. The molecule has 90 valence electrons. The Morgan fingerprint density at radius 2 is 2.12 bits per heavy atom. The molecule has 0 atom stereocenters. The van der Waals surface area contributed by atoms with E-state index in [1.165, 1.54) is 25.7 Å². The molecule has 0 aliphatic heterocycles. The van der Waals surface area contributed by atoms with Gasteiger partial charge in [-0.05, 0) is 19.1 Å². The van der Waals surface area contributed by atoms with Crippen LogP contribution in [-0.4, -0.2) is 27.7 Å². The van der Waals surface area contributed by atoms with E-state index >= 15 is 0 Å². The number of aromatic nitrogens is 2. The SMILES string of the molecule is CSC1(CNCc2nnc(C)o2)CCCC1. The van der Waals surface area contributed by atoms with Crippen LogP contribution in [0.5, 0.6) is 0 Å². The lowest BCUT2D eigenvalue weighted by atomic mass is 10.1. The van der Waals surface area contributed by atoms with E-state index in [9.17, 15) is 0 Å². The Bertz CT molecular complexity index is 334. The molecule has 0 radical (unpaired) electrons. The van der Waals surface area contributed by atoms with Gasteiger partial charge < -0.3 is 9.73 Å². The summed E-state index contributed by atoms with van der Waals surface area (Å²) in [6.45, 7) is 3.54. The molecule has 5 heteroatoms. The third-order valence-corrected chi connectivity index (χ3v) is 4.66. The molecule has 2 rings (SSSR count). The summed E-state index contributed by atoms with van der Waals surface area (Å²) in [5.41, 5.74) is 0. The summed E-state index contributed by atoms with van der Waals surface area (Å²) in [6, 6.07) is 0. The molecule has 1 saturated carbocycles. The molecule has 1 heterocycles. The van der Waals surface area contributed by atoms with Gasteiger partial charge in [0.15, 0.2) is 0 Å². The van der Waals surface area contributed by atoms with Crippen molar-refractivity contribution in [2.24, 2.45) is 0 Å². The summed E-state index contributed by atoms with van der Waals surface area (Å²) >= 11 is 1.99. The second-order valence-electron chi connectivity index (χ2n) is 4.41. The van der Waals surface area contributed by atoms with Gasteiger partial charge in [-0.25, -0.2) is 0 Å². The number of thioether (sulfide) groups is 1. The molecular weight excluding hydrogens is 222 g/mol. The zero-order valence-electron chi connectivity index (χ0n) is 9.95. The van der Waals surface area contributed by atoms with E-state index in [-0.39, 0.29) is 0 Å². The van der Waals surface area contributed by atoms with E-state index in [4.69, 9.17) is 4.42 Å². The van der Waals surface area contributed by atoms with Crippen LogP contribution in [0, 0.1) is 6.92 Å². The fourth-order valence-corrected chi connectivity index (χ4v) is 3.22. The Morgan fingerprint density at radius 1 is 1.38 bits per heavy atom. The van der Waals surface area contributed by atoms with Gasteiger partial charge in [0, 0.05) is 18.2 Å². The molecule has 0 bridgehead atoms. The average Bonchev–Trinajstić information content (AvgIpc) is 2.89. The Labute approximate surface area is 101 Å². The van der Waals surface area contributed by atoms with Crippen LogP contribution in [0.4, 0.5) is 0 Å². The number of hydrogen-bond donors (Lipinski definition) is 1. The molecule has 0 spiro atoms. The molecule has 0 saturated heterocycles. The van der Waals surface area contributed by atoms with Crippen LogP contribution in [0.2, 0.25) is 0 Å². The second-order valence-corrected chi connectivity index (χ2v) is 5.69. The standard InChI is InChI=1S/C11H19N3OS/c1-9-13-14-10(15-9)7-12-8-11(16-2)5-3-4-6-11/h12H,3-8H2,1-2H3. The van der Waals surface area contributed by atoms with Gasteiger partial charge in [-0.2, -0.15) is 11.8 Å². The van der Waals surface area contributed by atoms with Gasteiger partial charge in [-0.15, -0.1) is 10.2 Å². The quantitative estimate of drug-likeness (QED) is 0.856. The third-order valence-electron chi connectivity index (χ3n) is 3.24. The van der Waals surface area contributed by atoms with E-state index in [0.29, 0.717) is 23.1 Å². The minimum absolute atomic E-state index is 0.440. The van der Waals surface area contributed by atoms with E-state index < -0.39 is 0 Å². The Kier molecular flexibility index (Phi) is 3.86. The van der Waals surface area contributed by atoms with Crippen LogP contribution in [0.1, 0.15) is 37.5 Å². The van der Waals surface area contributed by atoms with E-state index in [1.54, 1.807) is 0 Å². The minimum Gasteiger partial charge on any atom is -0.424 e. The largest absolute Gasteiger partial charge is 0.424 e. The zero-order chi connectivity index (χ0) is 11.4. The predicted molar refractivity (Wildman–Crippen MR) is 65.5 cm³/mol. The first-order chi connectivity index (χ1) is 7.74. The van der Waals surface area contributed by atoms with Gasteiger partial charge in [-0.3, -0.25) is 0 Å². The Balaban J connectivity index is 1.78. The summed E-state index contributed by atoms with van der Waals surface area (Å²) in [5.74, 6) is 1.32. The van der Waals surface area contributed by atoms with Crippen molar-refractivity contribution in [3.63, 3.8) is 0 Å². The molecule has 1 aliphatic rings. The van der Waals surface area contributed by atoms with Crippen LogP contribution in [0.15, 0.2) is 4.42 Å². The van der Waals surface area contributed by atoms with Gasteiger partial charge in [0.25, 0.3) is 0 Å². The van der Waals surface area contributed by atoms with Crippen LogP contribution in [0.3, 0.4) is 0 Å². The van der Waals surface area contributed by atoms with Crippen molar-refractivity contribution in [3.05, 3.63) is 11.8 Å². The highest BCUT2D eigenvalue weighted by atomic mass is 32.2. The van der Waals surface area contributed by atoms with Crippen LogP contribution >= 0.6 is 11.8 Å². The van der Waals surface area contributed by atoms with E-state index in [0.717, 1.165) is 6.54 Å². The van der Waals surface area contributed by atoms with Crippen molar-refractivity contribution in [3.8, 4) is 0 Å². The number of hydrogen-bond acceptors (Lipinski definition) is 5. The first-order valence-electron chi connectivity index (χ1n) is 5.79. The first kappa shape index (κ1) is 11.9. The lowest BCUT2D eigenvalue weighted by Gasteiger charge is -2.26. The van der Waals surface area contributed by atoms with Crippen LogP contribution in [0.25, 0.3) is 0 Å². The normalized spacial score (nSPS) is 19.1. The summed E-state index contributed by atoms with van der Waals surface area (Å²) in [4.78, 5) is 0. The monoisotopic (exact) mass is 241 g/mol. The highest BCUT2D eigenvalue weighted by Crippen LogP contribution is 2.39. The second kappa shape index (κ2) is 5.19. The Hall–Kier alpha value is -0.550. The van der Waals surface area contributed by atoms with Crippen molar-refractivity contribution in [2.45, 2.75) is 43.9 Å². The molecule has 1 N–H and O–H groups in total. The van der Waals surface area contributed by atoms with Gasteiger partial charge >= 0.3 is 0 Å². The summed E-state index contributed by atoms with van der Waals surface area (Å²) in [5, 5.41) is 11.2. The molecule has 0 aromatic carbocycles. The van der Waals surface area contributed by atoms with Crippen molar-refractivity contribution in [2.75, 3.05) is 12.8 Å². The molecule has 0 unspecified atom stereocenters. The third kappa shape index (κ3) is 2.77. The smallest absolute Gasteiger partial charge is 0.230 e. The van der Waals surface area contributed by atoms with Crippen LogP contribution in [-0.2, 0) is 6.54 Å². The van der Waals surface area contributed by atoms with Gasteiger partial charge in [0.05, 0.1) is 6.54 Å². The number of nitrogens with zero attached hydrogens (tertiary/aromatic N) is 2. The number of aryl methyl sites for hydroxylation is 1. The van der Waals surface area contributed by atoms with Gasteiger partial charge in [0.2, 0.25) is 11.8 Å². The molecule has 4 nitrogen and oxygen atoms in total. The lowest BCUT2D eigenvalue weighted by molar-refractivity contribution is 0.434. The summed E-state index contributed by atoms with van der Waals surface area (Å²) in [7, 11) is 0. The highest BCUT2D eigenvalue weighted by Gasteiger charge is 2.32. The maximum absolute atomic E-state index is 5.32. The fraction of sp³-hybridized carbons (Fsp3) is 0.818. The lowest BCUT2D eigenvalue weighted by Crippen LogP contribution is -2.34. The summed E-state index contributed by atoms with van der Waals surface area (Å²) < 4.78 is 5.76. The van der Waals surface area contributed by atoms with Crippen LogP contribution < -0.4 is 5.32 Å². The minimum atomic E-state index is 0.440. The van der Waals surface area contributed by atoms with E-state index in [1.807, 2.05) is 18.7 Å². The highest BCUT2D eigenvalue weighted by molar-refractivity contribution is 8.00. The maximum Gasteiger partial charge on any atom is 0.230 e. The predicted octanol–water partition coefficient (Wildman–Crippen LogP) is 2.14. The zero-order valence-corrected chi connectivity index (χ0v) is 10.8. The molecule has 0 amide bonds. The average molecular weight is 241 g/mol. The van der Waals surface area contributed by atoms with Gasteiger partial charge in [0.1, 0.15) is 0 Å². The van der Waals surface area contributed by atoms with Crippen molar-refractivity contribution < 1.29 is 4.42 Å². The molecule has 1 fully saturated rings. The van der Waals surface area contributed by atoms with E-state index in [2.05, 4.69) is 21.8 Å².